The number of benzene rings is 1. The maximum absolute atomic E-state index is 10.8. The van der Waals surface area contributed by atoms with Crippen LogP contribution in [0.15, 0.2) is 24.3 Å². The molecule has 0 fully saturated rings. The fourth-order valence-electron chi connectivity index (χ4n) is 1.78. The fourth-order valence-corrected chi connectivity index (χ4v) is 1.78. The van der Waals surface area contributed by atoms with Crippen LogP contribution >= 0.6 is 0 Å². The van der Waals surface area contributed by atoms with Crippen molar-refractivity contribution in [3.63, 3.8) is 0 Å². The molecule has 0 aromatic heterocycles. The predicted molar refractivity (Wildman–Crippen MR) is 59.8 cm³/mol. The normalized spacial score (nSPS) is 19.6. The van der Waals surface area contributed by atoms with Crippen molar-refractivity contribution >= 4 is 11.7 Å². The zero-order valence-electron chi connectivity index (χ0n) is 8.80. The van der Waals surface area contributed by atoms with E-state index in [-0.39, 0.29) is 12.6 Å². The third-order valence-corrected chi connectivity index (χ3v) is 2.44. The molecule has 1 atom stereocenters. The molecule has 1 aromatic rings. The predicted octanol–water partition coefficient (Wildman–Crippen LogP) is 0.297. The third-order valence-electron chi connectivity index (χ3n) is 2.44. The number of nitrogens with zero attached hydrogens (tertiary/aromatic N) is 1. The Hall–Kier alpha value is -1.75. The maximum atomic E-state index is 10.8. The summed E-state index contributed by atoms with van der Waals surface area (Å²) in [6, 6.07) is 7.20. The second kappa shape index (κ2) is 4.40. The Kier molecular flexibility index (Phi) is 2.96. The van der Waals surface area contributed by atoms with Gasteiger partial charge in [-0.3, -0.25) is 4.79 Å². The minimum atomic E-state index is -0.871. The minimum absolute atomic E-state index is 0.0614. The molecule has 16 heavy (non-hydrogen) atoms. The molecular formula is C11H14N2O3. The summed E-state index contributed by atoms with van der Waals surface area (Å²) in [4.78, 5) is 12.5. The Labute approximate surface area is 93.4 Å². The number of hydrogen-bond acceptors (Lipinski definition) is 4. The molecule has 0 amide bonds. The van der Waals surface area contributed by atoms with Gasteiger partial charge < -0.3 is 20.5 Å². The van der Waals surface area contributed by atoms with E-state index in [9.17, 15) is 4.79 Å². The molecule has 1 heterocycles. The Morgan fingerprint density at radius 2 is 2.31 bits per heavy atom. The highest BCUT2D eigenvalue weighted by Crippen LogP contribution is 2.29. The molecular weight excluding hydrogens is 208 g/mol. The van der Waals surface area contributed by atoms with Gasteiger partial charge in [-0.2, -0.15) is 0 Å². The van der Waals surface area contributed by atoms with Crippen molar-refractivity contribution in [2.45, 2.75) is 6.04 Å². The van der Waals surface area contributed by atoms with Crippen LogP contribution < -0.4 is 15.4 Å². The number of ether oxygens (including phenoxy) is 1. The van der Waals surface area contributed by atoms with E-state index in [0.717, 1.165) is 5.69 Å². The molecule has 1 aromatic carbocycles. The first-order chi connectivity index (χ1) is 7.66. The summed E-state index contributed by atoms with van der Waals surface area (Å²) in [5.41, 5.74) is 6.61. The van der Waals surface area contributed by atoms with Gasteiger partial charge >= 0.3 is 5.97 Å². The van der Waals surface area contributed by atoms with Crippen molar-refractivity contribution < 1.29 is 14.6 Å². The Balaban J connectivity index is 2.31. The summed E-state index contributed by atoms with van der Waals surface area (Å²) < 4.78 is 5.51. The number of aliphatic carboxylic acids is 1. The lowest BCUT2D eigenvalue weighted by Crippen LogP contribution is -2.41. The first kappa shape index (κ1) is 10.8. The van der Waals surface area contributed by atoms with Crippen molar-refractivity contribution in [2.75, 3.05) is 24.6 Å². The molecule has 1 unspecified atom stereocenters. The molecule has 0 saturated carbocycles. The van der Waals surface area contributed by atoms with Gasteiger partial charge in [0.05, 0.1) is 11.7 Å². The molecule has 0 radical (unpaired) electrons. The van der Waals surface area contributed by atoms with Gasteiger partial charge in [-0.05, 0) is 12.1 Å². The molecule has 86 valence electrons. The molecule has 0 bridgehead atoms. The second-order valence-corrected chi connectivity index (χ2v) is 3.81. The van der Waals surface area contributed by atoms with E-state index in [1.165, 1.54) is 0 Å². The molecule has 1 aliphatic heterocycles. The molecule has 0 aliphatic carbocycles. The Bertz CT molecular complexity index is 395. The number of carbonyl (C=O) groups is 1. The van der Waals surface area contributed by atoms with Gasteiger partial charge in [-0.25, -0.2) is 0 Å². The highest BCUT2D eigenvalue weighted by atomic mass is 16.5. The van der Waals surface area contributed by atoms with E-state index in [4.69, 9.17) is 15.6 Å². The van der Waals surface area contributed by atoms with E-state index in [1.807, 2.05) is 24.3 Å². The summed E-state index contributed by atoms with van der Waals surface area (Å²) in [6.07, 6.45) is 0. The summed E-state index contributed by atoms with van der Waals surface area (Å²) in [5.74, 6) is -0.180. The molecule has 0 spiro atoms. The molecule has 0 saturated heterocycles. The zero-order chi connectivity index (χ0) is 11.5. The van der Waals surface area contributed by atoms with Crippen LogP contribution in [0.25, 0.3) is 0 Å². The van der Waals surface area contributed by atoms with Crippen LogP contribution in [0.3, 0.4) is 0 Å². The van der Waals surface area contributed by atoms with E-state index in [1.54, 1.807) is 4.90 Å². The Morgan fingerprint density at radius 3 is 3.06 bits per heavy atom. The third kappa shape index (κ3) is 2.25. The smallest absolute Gasteiger partial charge is 0.323 e. The number of carboxylic acids is 1. The molecule has 5 nitrogen and oxygen atoms in total. The van der Waals surface area contributed by atoms with Crippen molar-refractivity contribution in [3.05, 3.63) is 24.3 Å². The van der Waals surface area contributed by atoms with Gasteiger partial charge in [-0.1, -0.05) is 12.1 Å². The number of para-hydroxylation sites is 2. The molecule has 5 heteroatoms. The summed E-state index contributed by atoms with van der Waals surface area (Å²) in [5, 5.41) is 8.85. The number of hydrogen-bond donors (Lipinski definition) is 2. The standard InChI is InChI=1S/C11H14N2O3/c12-8-5-13(6-11(14)15)9-3-1-2-4-10(9)16-7-8/h1-4,8H,5-7,12H2,(H,14,15). The topological polar surface area (TPSA) is 75.8 Å². The molecule has 3 N–H and O–H groups in total. The van der Waals surface area contributed by atoms with Gasteiger partial charge in [-0.15, -0.1) is 0 Å². The summed E-state index contributed by atoms with van der Waals surface area (Å²) in [6.45, 7) is 0.838. The SMILES string of the molecule is NC1COc2ccccc2N(CC(=O)O)C1. The van der Waals surface area contributed by atoms with Crippen LogP contribution in [0.5, 0.6) is 5.75 Å². The van der Waals surface area contributed by atoms with Crippen LogP contribution in [0.4, 0.5) is 5.69 Å². The summed E-state index contributed by atoms with van der Waals surface area (Å²) in [7, 11) is 0. The van der Waals surface area contributed by atoms with Gasteiger partial charge in [0.1, 0.15) is 18.9 Å². The highest BCUT2D eigenvalue weighted by Gasteiger charge is 2.21. The first-order valence-electron chi connectivity index (χ1n) is 5.11. The van der Waals surface area contributed by atoms with Crippen molar-refractivity contribution in [1.29, 1.82) is 0 Å². The number of carboxylic acid groups (broad SMARTS) is 1. The number of anilines is 1. The van der Waals surface area contributed by atoms with E-state index in [0.29, 0.717) is 18.9 Å². The van der Waals surface area contributed by atoms with Crippen molar-refractivity contribution in [1.82, 2.24) is 0 Å². The fraction of sp³-hybridized carbons (Fsp3) is 0.364. The van der Waals surface area contributed by atoms with E-state index < -0.39 is 5.97 Å². The van der Waals surface area contributed by atoms with Crippen LogP contribution in [-0.4, -0.2) is 36.8 Å². The lowest BCUT2D eigenvalue weighted by Gasteiger charge is -2.22. The van der Waals surface area contributed by atoms with Crippen LogP contribution in [0.1, 0.15) is 0 Å². The lowest BCUT2D eigenvalue weighted by molar-refractivity contribution is -0.135. The van der Waals surface area contributed by atoms with Crippen LogP contribution in [-0.2, 0) is 4.79 Å². The Morgan fingerprint density at radius 1 is 1.56 bits per heavy atom. The number of rotatable bonds is 2. The monoisotopic (exact) mass is 222 g/mol. The van der Waals surface area contributed by atoms with Gasteiger partial charge in [0, 0.05) is 6.54 Å². The highest BCUT2D eigenvalue weighted by molar-refractivity contribution is 5.75. The maximum Gasteiger partial charge on any atom is 0.323 e. The first-order valence-corrected chi connectivity index (χ1v) is 5.11. The largest absolute Gasteiger partial charge is 0.490 e. The average molecular weight is 222 g/mol. The molecule has 2 rings (SSSR count). The van der Waals surface area contributed by atoms with Gasteiger partial charge in [0.25, 0.3) is 0 Å². The molecule has 1 aliphatic rings. The minimum Gasteiger partial charge on any atom is -0.490 e. The van der Waals surface area contributed by atoms with Crippen molar-refractivity contribution in [2.24, 2.45) is 5.73 Å². The second-order valence-electron chi connectivity index (χ2n) is 3.81. The quantitative estimate of drug-likeness (QED) is 0.752. The van der Waals surface area contributed by atoms with Crippen molar-refractivity contribution in [3.8, 4) is 5.75 Å². The van der Waals surface area contributed by atoms with Crippen LogP contribution in [0, 0.1) is 0 Å². The summed E-state index contributed by atoms with van der Waals surface area (Å²) >= 11 is 0. The van der Waals surface area contributed by atoms with E-state index >= 15 is 0 Å². The number of fused-ring (bicyclic) bond motifs is 1. The average Bonchev–Trinajstić information content (AvgIpc) is 2.39. The zero-order valence-corrected chi connectivity index (χ0v) is 8.80. The van der Waals surface area contributed by atoms with Gasteiger partial charge in [0.15, 0.2) is 0 Å². The van der Waals surface area contributed by atoms with E-state index in [2.05, 4.69) is 0 Å². The van der Waals surface area contributed by atoms with Crippen LogP contribution in [0.2, 0.25) is 0 Å². The number of nitrogens with two attached hydrogens (primary N) is 1. The lowest BCUT2D eigenvalue weighted by atomic mass is 10.2. The van der Waals surface area contributed by atoms with Gasteiger partial charge in [0.2, 0.25) is 0 Å².